The van der Waals surface area contributed by atoms with E-state index in [9.17, 15) is 9.59 Å². The van der Waals surface area contributed by atoms with Gasteiger partial charge in [-0.05, 0) is 31.4 Å². The van der Waals surface area contributed by atoms with Gasteiger partial charge in [-0.3, -0.25) is 4.79 Å². The van der Waals surface area contributed by atoms with Crippen LogP contribution in [-0.2, 0) is 4.79 Å². The summed E-state index contributed by atoms with van der Waals surface area (Å²) in [5.41, 5.74) is 1.03. The number of amides is 3. The molecule has 2 fully saturated rings. The van der Waals surface area contributed by atoms with E-state index in [0.29, 0.717) is 38.5 Å². The molecule has 2 aliphatic rings. The van der Waals surface area contributed by atoms with Crippen LogP contribution in [0.2, 0.25) is 5.02 Å². The number of halogens is 1. The van der Waals surface area contributed by atoms with Crippen molar-refractivity contribution in [1.29, 1.82) is 0 Å². The summed E-state index contributed by atoms with van der Waals surface area (Å²) in [6.45, 7) is 3.53. The maximum absolute atomic E-state index is 12.4. The summed E-state index contributed by atoms with van der Waals surface area (Å²) < 4.78 is 0. The van der Waals surface area contributed by atoms with Crippen LogP contribution in [-0.4, -0.2) is 55.6 Å². The van der Waals surface area contributed by atoms with Crippen LogP contribution in [0.5, 0.6) is 0 Å². The molecule has 3 rings (SSSR count). The first-order chi connectivity index (χ1) is 13.6. The number of nitrogens with one attached hydrogen (secondary N) is 2. The molecular weight excluding hydrogens is 376 g/mol. The van der Waals surface area contributed by atoms with E-state index in [4.69, 9.17) is 11.6 Å². The van der Waals surface area contributed by atoms with E-state index in [2.05, 4.69) is 15.5 Å². The van der Waals surface area contributed by atoms with E-state index >= 15 is 0 Å². The SMILES string of the molecule is O=C(NCCCC(=O)N1CCN(c2ccccc2Cl)CC1)NC1CCCCC1. The van der Waals surface area contributed by atoms with Crippen LogP contribution in [0.1, 0.15) is 44.9 Å². The van der Waals surface area contributed by atoms with Crippen LogP contribution in [0.25, 0.3) is 0 Å². The number of benzene rings is 1. The highest BCUT2D eigenvalue weighted by molar-refractivity contribution is 6.33. The molecule has 6 nitrogen and oxygen atoms in total. The Kier molecular flexibility index (Phi) is 7.83. The molecule has 0 aromatic heterocycles. The topological polar surface area (TPSA) is 64.7 Å². The van der Waals surface area contributed by atoms with Gasteiger partial charge in [0.15, 0.2) is 0 Å². The van der Waals surface area contributed by atoms with Crippen molar-refractivity contribution in [2.24, 2.45) is 0 Å². The van der Waals surface area contributed by atoms with E-state index in [0.717, 1.165) is 36.6 Å². The molecule has 7 heteroatoms. The number of hydrogen-bond acceptors (Lipinski definition) is 3. The van der Waals surface area contributed by atoms with Crippen LogP contribution >= 0.6 is 11.6 Å². The summed E-state index contributed by atoms with van der Waals surface area (Å²) in [6, 6.07) is 8.03. The van der Waals surface area contributed by atoms with Gasteiger partial charge in [-0.2, -0.15) is 0 Å². The quantitative estimate of drug-likeness (QED) is 0.711. The average Bonchev–Trinajstić information content (AvgIpc) is 2.72. The maximum Gasteiger partial charge on any atom is 0.315 e. The molecule has 1 aliphatic carbocycles. The number of hydrogen-bond donors (Lipinski definition) is 2. The molecule has 0 unspecified atom stereocenters. The Morgan fingerprint density at radius 2 is 1.75 bits per heavy atom. The summed E-state index contributed by atoms with van der Waals surface area (Å²) in [6.07, 6.45) is 6.95. The summed E-state index contributed by atoms with van der Waals surface area (Å²) >= 11 is 6.27. The molecule has 1 heterocycles. The Hall–Kier alpha value is -1.95. The van der Waals surface area contributed by atoms with Gasteiger partial charge in [0.05, 0.1) is 10.7 Å². The molecule has 0 bridgehead atoms. The Morgan fingerprint density at radius 1 is 1.04 bits per heavy atom. The molecule has 1 saturated carbocycles. The Balaban J connectivity index is 1.30. The third-order valence-electron chi connectivity index (χ3n) is 5.62. The van der Waals surface area contributed by atoms with Crippen molar-refractivity contribution in [3.05, 3.63) is 29.3 Å². The number of para-hydroxylation sites is 1. The zero-order chi connectivity index (χ0) is 19.8. The number of nitrogens with zero attached hydrogens (tertiary/aromatic N) is 2. The molecule has 0 spiro atoms. The van der Waals surface area contributed by atoms with Crippen molar-refractivity contribution in [2.45, 2.75) is 51.0 Å². The highest BCUT2D eigenvalue weighted by atomic mass is 35.5. The van der Waals surface area contributed by atoms with Gasteiger partial charge >= 0.3 is 6.03 Å². The van der Waals surface area contributed by atoms with Gasteiger partial charge in [-0.25, -0.2) is 4.79 Å². The first kappa shape index (κ1) is 20.8. The third-order valence-corrected chi connectivity index (χ3v) is 5.94. The second-order valence-corrected chi connectivity index (χ2v) is 8.07. The smallest absolute Gasteiger partial charge is 0.315 e. The summed E-state index contributed by atoms with van der Waals surface area (Å²) in [7, 11) is 0. The number of carbonyl (C=O) groups is 2. The standard InChI is InChI=1S/C21H31ClN4O2/c22-18-9-4-5-10-19(18)25-13-15-26(16-14-25)20(27)11-6-12-23-21(28)24-17-7-2-1-3-8-17/h4-5,9-10,17H,1-3,6-8,11-16H2,(H2,23,24,28). The fourth-order valence-corrected chi connectivity index (χ4v) is 4.24. The van der Waals surface area contributed by atoms with Crippen molar-refractivity contribution in [1.82, 2.24) is 15.5 Å². The average molecular weight is 407 g/mol. The highest BCUT2D eigenvalue weighted by Gasteiger charge is 2.22. The van der Waals surface area contributed by atoms with Crippen molar-refractivity contribution in [3.8, 4) is 0 Å². The number of piperazine rings is 1. The minimum Gasteiger partial charge on any atom is -0.367 e. The van der Waals surface area contributed by atoms with Gasteiger partial charge in [0.25, 0.3) is 0 Å². The van der Waals surface area contributed by atoms with E-state index in [1.807, 2.05) is 29.2 Å². The molecule has 154 valence electrons. The van der Waals surface area contributed by atoms with E-state index in [-0.39, 0.29) is 11.9 Å². The fourth-order valence-electron chi connectivity index (χ4n) is 3.99. The minimum absolute atomic E-state index is 0.104. The van der Waals surface area contributed by atoms with E-state index < -0.39 is 0 Å². The van der Waals surface area contributed by atoms with Gasteiger partial charge in [0.2, 0.25) is 5.91 Å². The predicted molar refractivity (Wildman–Crippen MR) is 113 cm³/mol. The first-order valence-corrected chi connectivity index (χ1v) is 10.8. The third kappa shape index (κ3) is 6.03. The lowest BCUT2D eigenvalue weighted by Gasteiger charge is -2.36. The van der Waals surface area contributed by atoms with Crippen LogP contribution in [0.15, 0.2) is 24.3 Å². The van der Waals surface area contributed by atoms with Gasteiger partial charge < -0.3 is 20.4 Å². The second-order valence-electron chi connectivity index (χ2n) is 7.66. The zero-order valence-corrected chi connectivity index (χ0v) is 17.2. The molecule has 1 aliphatic heterocycles. The Bertz CT molecular complexity index is 656. The molecule has 0 radical (unpaired) electrons. The van der Waals surface area contributed by atoms with Gasteiger partial charge in [0, 0.05) is 45.2 Å². The lowest BCUT2D eigenvalue weighted by molar-refractivity contribution is -0.131. The van der Waals surface area contributed by atoms with E-state index in [1.54, 1.807) is 0 Å². The monoisotopic (exact) mass is 406 g/mol. The summed E-state index contributed by atoms with van der Waals surface area (Å²) in [5.74, 6) is 0.160. The maximum atomic E-state index is 12.4. The van der Waals surface area contributed by atoms with Crippen LogP contribution < -0.4 is 15.5 Å². The first-order valence-electron chi connectivity index (χ1n) is 10.4. The molecule has 1 aromatic carbocycles. The normalized spacial score (nSPS) is 18.0. The second kappa shape index (κ2) is 10.6. The molecule has 0 atom stereocenters. The van der Waals surface area contributed by atoms with Crippen molar-refractivity contribution >= 4 is 29.2 Å². The number of rotatable bonds is 6. The zero-order valence-electron chi connectivity index (χ0n) is 16.5. The Morgan fingerprint density at radius 3 is 2.46 bits per heavy atom. The highest BCUT2D eigenvalue weighted by Crippen LogP contribution is 2.26. The fraction of sp³-hybridized carbons (Fsp3) is 0.619. The van der Waals surface area contributed by atoms with Crippen LogP contribution in [0, 0.1) is 0 Å². The number of carbonyl (C=O) groups excluding carboxylic acids is 2. The Labute approximate surface area is 172 Å². The molecular formula is C21H31ClN4O2. The lowest BCUT2D eigenvalue weighted by atomic mass is 9.96. The van der Waals surface area contributed by atoms with Crippen molar-refractivity contribution in [3.63, 3.8) is 0 Å². The van der Waals surface area contributed by atoms with Gasteiger partial charge in [-0.15, -0.1) is 0 Å². The number of anilines is 1. The van der Waals surface area contributed by atoms with Crippen LogP contribution in [0.3, 0.4) is 0 Å². The largest absolute Gasteiger partial charge is 0.367 e. The number of urea groups is 1. The van der Waals surface area contributed by atoms with E-state index in [1.165, 1.54) is 19.3 Å². The van der Waals surface area contributed by atoms with Crippen LogP contribution in [0.4, 0.5) is 10.5 Å². The predicted octanol–water partition coefficient (Wildman–Crippen LogP) is 3.40. The molecule has 28 heavy (non-hydrogen) atoms. The van der Waals surface area contributed by atoms with Crippen molar-refractivity contribution in [2.75, 3.05) is 37.6 Å². The van der Waals surface area contributed by atoms with Gasteiger partial charge in [-0.1, -0.05) is 43.0 Å². The molecule has 2 N–H and O–H groups in total. The van der Waals surface area contributed by atoms with Crippen molar-refractivity contribution < 1.29 is 9.59 Å². The lowest BCUT2D eigenvalue weighted by Crippen LogP contribution is -2.49. The minimum atomic E-state index is -0.104. The summed E-state index contributed by atoms with van der Waals surface area (Å²) in [5, 5.41) is 6.66. The molecule has 1 aromatic rings. The molecule has 1 saturated heterocycles. The molecule has 3 amide bonds. The summed E-state index contributed by atoms with van der Waals surface area (Å²) in [4.78, 5) is 28.5. The van der Waals surface area contributed by atoms with Gasteiger partial charge in [0.1, 0.15) is 0 Å².